The number of rotatable bonds is 6. The van der Waals surface area contributed by atoms with Gasteiger partial charge in [-0.05, 0) is 25.3 Å². The van der Waals surface area contributed by atoms with Crippen molar-refractivity contribution in [2.75, 3.05) is 26.4 Å². The summed E-state index contributed by atoms with van der Waals surface area (Å²) in [7, 11) is 3.00. The average molecular weight is 198 g/mol. The number of nitrogens with zero attached hydrogens (tertiary/aromatic N) is 2. The van der Waals surface area contributed by atoms with Gasteiger partial charge in [0.05, 0.1) is 0 Å². The molecular weight excluding hydrogens is 179 g/mol. The van der Waals surface area contributed by atoms with Gasteiger partial charge in [-0.3, -0.25) is 0 Å². The van der Waals surface area contributed by atoms with Crippen LogP contribution in [0, 0.1) is 0 Å². The molecule has 1 unspecified atom stereocenters. The summed E-state index contributed by atoms with van der Waals surface area (Å²) < 4.78 is 0. The summed E-state index contributed by atoms with van der Waals surface area (Å²) in [6.07, 6.45) is 2.95. The first kappa shape index (κ1) is 12.4. The van der Waals surface area contributed by atoms with Gasteiger partial charge in [0.15, 0.2) is 0 Å². The maximum atomic E-state index is 4.19. The van der Waals surface area contributed by atoms with Gasteiger partial charge in [-0.1, -0.05) is 13.2 Å². The first-order chi connectivity index (χ1) is 6.07. The van der Waals surface area contributed by atoms with E-state index in [1.165, 1.54) is 6.16 Å². The third kappa shape index (κ3) is 6.53. The van der Waals surface area contributed by atoms with Crippen molar-refractivity contribution in [3.8, 4) is 0 Å². The van der Waals surface area contributed by atoms with Gasteiger partial charge < -0.3 is 4.90 Å². The predicted molar refractivity (Wildman–Crippen MR) is 64.2 cm³/mol. The van der Waals surface area contributed by atoms with Gasteiger partial charge in [-0.15, -0.1) is 8.58 Å². The highest BCUT2D eigenvalue weighted by atomic mass is 31.1. The molecule has 0 spiro atoms. The smallest absolute Gasteiger partial charge is 0.120 e. The molecule has 3 heteroatoms. The molecule has 1 atom stereocenters. The first-order valence-corrected chi connectivity index (χ1v) is 6.03. The predicted octanol–water partition coefficient (Wildman–Crippen LogP) is 2.34. The summed E-state index contributed by atoms with van der Waals surface area (Å²) in [4.78, 5) is 6.25. The molecule has 0 fully saturated rings. The van der Waals surface area contributed by atoms with Gasteiger partial charge >= 0.3 is 0 Å². The molecule has 0 aromatic heterocycles. The lowest BCUT2D eigenvalue weighted by atomic mass is 10.4. The van der Waals surface area contributed by atoms with Crippen LogP contribution in [0.4, 0.5) is 0 Å². The quantitative estimate of drug-likeness (QED) is 0.472. The second-order valence-corrected chi connectivity index (χ2v) is 4.25. The van der Waals surface area contributed by atoms with Crippen LogP contribution in [0.25, 0.3) is 0 Å². The molecule has 0 aliphatic heterocycles. The Balaban J connectivity index is 3.89. The monoisotopic (exact) mass is 198 g/mol. The van der Waals surface area contributed by atoms with Crippen molar-refractivity contribution in [1.29, 1.82) is 0 Å². The zero-order chi connectivity index (χ0) is 10.3. The minimum atomic E-state index is 0.807. The minimum Gasteiger partial charge on any atom is -0.360 e. The normalized spacial score (nSPS) is 11.3. The van der Waals surface area contributed by atoms with E-state index < -0.39 is 0 Å². The maximum Gasteiger partial charge on any atom is 0.120 e. The fourth-order valence-electron chi connectivity index (χ4n) is 0.692. The Hall–Kier alpha value is -0.620. The van der Waals surface area contributed by atoms with E-state index in [4.69, 9.17) is 0 Å². The summed E-state index contributed by atoms with van der Waals surface area (Å²) in [5.41, 5.74) is 0.951. The molecule has 0 N–H and O–H groups in total. The second-order valence-electron chi connectivity index (χ2n) is 3.05. The van der Waals surface area contributed by atoms with Crippen molar-refractivity contribution in [3.63, 3.8) is 0 Å². The average Bonchev–Trinajstić information content (AvgIpc) is 2.10. The molecule has 0 heterocycles. The Kier molecular flexibility index (Phi) is 6.52. The van der Waals surface area contributed by atoms with Gasteiger partial charge in [-0.2, -0.15) is 0 Å². The summed E-state index contributed by atoms with van der Waals surface area (Å²) >= 11 is 0. The van der Waals surface area contributed by atoms with E-state index in [1.54, 1.807) is 6.21 Å². The van der Waals surface area contributed by atoms with Crippen molar-refractivity contribution >= 4 is 14.8 Å². The fourth-order valence-corrected chi connectivity index (χ4v) is 1.25. The maximum absolute atomic E-state index is 4.19. The molecule has 0 aliphatic rings. The van der Waals surface area contributed by atoms with E-state index in [1.807, 2.05) is 14.0 Å². The van der Waals surface area contributed by atoms with Gasteiger partial charge in [0.2, 0.25) is 0 Å². The third-order valence-corrected chi connectivity index (χ3v) is 2.30. The van der Waals surface area contributed by atoms with Gasteiger partial charge in [-0.25, -0.2) is 4.99 Å². The summed E-state index contributed by atoms with van der Waals surface area (Å²) in [6.45, 7) is 12.8. The summed E-state index contributed by atoms with van der Waals surface area (Å²) in [5, 5.41) is 0. The topological polar surface area (TPSA) is 15.6 Å². The Morgan fingerprint density at radius 3 is 2.62 bits per heavy atom. The van der Waals surface area contributed by atoms with Crippen LogP contribution in [-0.2, 0) is 0 Å². The van der Waals surface area contributed by atoms with E-state index in [0.717, 1.165) is 26.5 Å². The highest BCUT2D eigenvalue weighted by molar-refractivity contribution is 7.37. The van der Waals surface area contributed by atoms with E-state index in [0.29, 0.717) is 0 Å². The number of aliphatic imine (C=N–C) groups is 1. The Labute approximate surface area is 83.2 Å². The van der Waals surface area contributed by atoms with E-state index in [-0.39, 0.29) is 0 Å². The molecule has 0 aromatic carbocycles. The van der Waals surface area contributed by atoms with Crippen LogP contribution >= 0.6 is 8.58 Å². The van der Waals surface area contributed by atoms with E-state index in [9.17, 15) is 0 Å². The van der Waals surface area contributed by atoms with Crippen LogP contribution in [-0.4, -0.2) is 37.5 Å². The largest absolute Gasteiger partial charge is 0.360 e. The molecular formula is C10H19N2P. The standard InChI is InChI=1S/C10H19N2P/c1-9(2)8-11-10(3)12(4)6-7-13-5/h8,13H,1,3,6-7H2,2,4-5H3/b11-8-. The van der Waals surface area contributed by atoms with Gasteiger partial charge in [0, 0.05) is 19.8 Å². The Morgan fingerprint density at radius 1 is 1.54 bits per heavy atom. The molecule has 0 radical (unpaired) electrons. The van der Waals surface area contributed by atoms with Gasteiger partial charge in [0.1, 0.15) is 5.82 Å². The molecule has 0 aliphatic carbocycles. The zero-order valence-corrected chi connectivity index (χ0v) is 9.80. The zero-order valence-electron chi connectivity index (χ0n) is 8.80. The van der Waals surface area contributed by atoms with E-state index >= 15 is 0 Å². The van der Waals surface area contributed by atoms with Gasteiger partial charge in [0.25, 0.3) is 0 Å². The van der Waals surface area contributed by atoms with Crippen LogP contribution in [0.1, 0.15) is 6.92 Å². The third-order valence-electron chi connectivity index (χ3n) is 1.57. The molecule has 0 rings (SSSR count). The second kappa shape index (κ2) is 6.85. The minimum absolute atomic E-state index is 0.807. The van der Waals surface area contributed by atoms with Crippen LogP contribution in [0.2, 0.25) is 0 Å². The highest BCUT2D eigenvalue weighted by Crippen LogP contribution is 2.05. The lowest BCUT2D eigenvalue weighted by Gasteiger charge is -2.17. The number of hydrogen-bond acceptors (Lipinski definition) is 2. The van der Waals surface area contributed by atoms with Crippen LogP contribution in [0.3, 0.4) is 0 Å². The van der Waals surface area contributed by atoms with Crippen molar-refractivity contribution in [1.82, 2.24) is 4.90 Å². The lowest BCUT2D eigenvalue weighted by Crippen LogP contribution is -2.18. The number of allylic oxidation sites excluding steroid dienone is 1. The SMILES string of the molecule is C=C(C)/C=N\C(=C)N(C)CCPC. The lowest BCUT2D eigenvalue weighted by molar-refractivity contribution is 0.443. The van der Waals surface area contributed by atoms with Crippen LogP contribution in [0.5, 0.6) is 0 Å². The highest BCUT2D eigenvalue weighted by Gasteiger charge is 1.97. The van der Waals surface area contributed by atoms with Crippen molar-refractivity contribution in [2.24, 2.45) is 4.99 Å². The Bertz CT molecular complexity index is 209. The van der Waals surface area contributed by atoms with E-state index in [2.05, 4.69) is 29.7 Å². The molecule has 2 nitrogen and oxygen atoms in total. The molecule has 13 heavy (non-hydrogen) atoms. The fraction of sp³-hybridized carbons (Fsp3) is 0.500. The molecule has 0 saturated heterocycles. The molecule has 74 valence electrons. The van der Waals surface area contributed by atoms with Crippen LogP contribution in [0.15, 0.2) is 29.5 Å². The van der Waals surface area contributed by atoms with Crippen LogP contribution < -0.4 is 0 Å². The van der Waals surface area contributed by atoms with Crippen molar-refractivity contribution in [2.45, 2.75) is 6.92 Å². The molecule has 0 aromatic rings. The number of hydrogen-bond donors (Lipinski definition) is 0. The summed E-state index contributed by atoms with van der Waals surface area (Å²) in [5.74, 6) is 0.807. The van der Waals surface area contributed by atoms with Crippen molar-refractivity contribution in [3.05, 3.63) is 24.6 Å². The first-order valence-electron chi connectivity index (χ1n) is 4.32. The molecule has 0 amide bonds. The molecule has 0 bridgehead atoms. The summed E-state index contributed by atoms with van der Waals surface area (Å²) in [6, 6.07) is 0. The molecule has 0 saturated carbocycles. The Morgan fingerprint density at radius 2 is 2.15 bits per heavy atom. The van der Waals surface area contributed by atoms with Crippen molar-refractivity contribution < 1.29 is 0 Å².